The minimum atomic E-state index is -1.68. The van der Waals surface area contributed by atoms with Crippen LogP contribution < -0.4 is 48.3 Å². The number of aromatic amines is 1. The molecule has 1 aliphatic rings. The van der Waals surface area contributed by atoms with Crippen LogP contribution in [-0.4, -0.2) is 153 Å². The predicted molar refractivity (Wildman–Crippen MR) is 282 cm³/mol. The van der Waals surface area contributed by atoms with Gasteiger partial charge in [0.2, 0.25) is 47.3 Å². The summed E-state index contributed by atoms with van der Waals surface area (Å²) in [5, 5.41) is 53.2. The first-order chi connectivity index (χ1) is 35.5. The summed E-state index contributed by atoms with van der Waals surface area (Å²) in [7, 11) is 2.00. The first-order valence-corrected chi connectivity index (χ1v) is 26.9. The van der Waals surface area contributed by atoms with Crippen LogP contribution in [0.2, 0.25) is 0 Å². The molecule has 74 heavy (non-hydrogen) atoms. The number of rotatable bonds is 18. The lowest BCUT2D eigenvalue weighted by Gasteiger charge is -2.29. The van der Waals surface area contributed by atoms with Crippen molar-refractivity contribution in [1.82, 2.24) is 47.5 Å². The Hall–Kier alpha value is -6.50. The summed E-state index contributed by atoms with van der Waals surface area (Å²) in [6.45, 7) is 3.43. The van der Waals surface area contributed by atoms with E-state index in [1.165, 1.54) is 20.8 Å². The summed E-state index contributed by atoms with van der Waals surface area (Å²) in [4.78, 5) is 116. The number of amides is 8. The smallest absolute Gasteiger partial charge is 0.245 e. The molecule has 2 heterocycles. The standard InChI is InChI=1S/C51H68N10O11S2/c1-29(63)41(26-62)58-50(71)43-28-74-73-27-42(59-46(67)38(54-31(3)65)22-32-14-6-4-7-15-32)49(70)56-39(23-33-16-8-5-9-17-33)47(68)57-40(24-34-25-53-36-19-11-10-18-35(34)36)48(69)55-37(20-12-13-21-52)45(66)61-44(30(2)64)51(72)60-43/h4-11,14-19,25,29-30,37-44,53,62-64H,12-13,20-24,26-28,52H2,1-3H3,(H,54,65)(H,55,69)(H,56,70)(H,57,68)(H,58,71)(H,59,67)(H,60,72)(H,61,66)/t29-,30-,37+,38-,39+,40-,41-,42+,43+,44+/m1/s1. The second-order valence-corrected chi connectivity index (χ2v) is 20.7. The van der Waals surface area contributed by atoms with Crippen LogP contribution in [0.5, 0.6) is 0 Å². The summed E-state index contributed by atoms with van der Waals surface area (Å²) in [6.07, 6.45) is -0.381. The average molecular weight is 1060 g/mol. The number of nitrogens with one attached hydrogen (secondary N) is 9. The van der Waals surface area contributed by atoms with Crippen LogP contribution in [0.4, 0.5) is 0 Å². The predicted octanol–water partition coefficient (Wildman–Crippen LogP) is -0.628. The van der Waals surface area contributed by atoms with E-state index in [1.807, 2.05) is 24.3 Å². The summed E-state index contributed by atoms with van der Waals surface area (Å²) in [5.74, 6) is -6.82. The molecular formula is C51H68N10O11S2. The van der Waals surface area contributed by atoms with Gasteiger partial charge in [0.15, 0.2) is 0 Å². The van der Waals surface area contributed by atoms with Crippen molar-refractivity contribution in [2.24, 2.45) is 5.73 Å². The van der Waals surface area contributed by atoms with Crippen molar-refractivity contribution >= 4 is 79.7 Å². The Balaban J connectivity index is 1.59. The molecule has 1 saturated heterocycles. The van der Waals surface area contributed by atoms with Gasteiger partial charge >= 0.3 is 0 Å². The van der Waals surface area contributed by atoms with Crippen molar-refractivity contribution in [3.63, 3.8) is 0 Å². The first-order valence-electron chi connectivity index (χ1n) is 24.4. The molecule has 10 atom stereocenters. The van der Waals surface area contributed by atoms with Gasteiger partial charge in [-0.2, -0.15) is 0 Å². The molecule has 1 aliphatic heterocycles. The van der Waals surface area contributed by atoms with Crippen molar-refractivity contribution in [3.8, 4) is 0 Å². The van der Waals surface area contributed by atoms with Gasteiger partial charge in [-0.25, -0.2) is 0 Å². The van der Waals surface area contributed by atoms with Crippen LogP contribution in [0, 0.1) is 0 Å². The Labute approximate surface area is 437 Å². The van der Waals surface area contributed by atoms with Crippen molar-refractivity contribution in [2.75, 3.05) is 24.7 Å². The van der Waals surface area contributed by atoms with Crippen molar-refractivity contribution in [3.05, 3.63) is 108 Å². The fraction of sp³-hybridized carbons (Fsp3) is 0.451. The van der Waals surface area contributed by atoms with E-state index in [4.69, 9.17) is 5.73 Å². The second-order valence-electron chi connectivity index (χ2n) is 18.1. The Morgan fingerprint density at radius 3 is 1.93 bits per heavy atom. The van der Waals surface area contributed by atoms with Gasteiger partial charge in [0.1, 0.15) is 42.3 Å². The fourth-order valence-electron chi connectivity index (χ4n) is 8.06. The van der Waals surface area contributed by atoms with E-state index in [9.17, 15) is 53.7 Å². The minimum absolute atomic E-state index is 0.0192. The fourth-order valence-corrected chi connectivity index (χ4v) is 10.4. The highest BCUT2D eigenvalue weighted by molar-refractivity contribution is 8.76. The van der Waals surface area contributed by atoms with Crippen LogP contribution in [0.15, 0.2) is 91.1 Å². The number of benzene rings is 3. The summed E-state index contributed by atoms with van der Waals surface area (Å²) >= 11 is 0. The highest BCUT2D eigenvalue weighted by Gasteiger charge is 2.37. The molecule has 8 amide bonds. The number of H-pyrrole nitrogens is 1. The zero-order chi connectivity index (χ0) is 53.7. The number of aliphatic hydroxyl groups is 3. The highest BCUT2D eigenvalue weighted by Crippen LogP contribution is 2.24. The van der Waals surface area contributed by atoms with Gasteiger partial charge in [-0.05, 0) is 62.4 Å². The number of hydrogen-bond acceptors (Lipinski definition) is 14. The number of carbonyl (C=O) groups excluding carboxylic acids is 8. The molecular weight excluding hydrogens is 993 g/mol. The lowest BCUT2D eigenvalue weighted by Crippen LogP contribution is -2.62. The van der Waals surface area contributed by atoms with Crippen LogP contribution in [0.25, 0.3) is 10.9 Å². The number of para-hydroxylation sites is 1. The minimum Gasteiger partial charge on any atom is -0.394 e. The number of fused-ring (bicyclic) bond motifs is 1. The van der Waals surface area contributed by atoms with E-state index in [-0.39, 0.29) is 43.7 Å². The van der Waals surface area contributed by atoms with Crippen LogP contribution in [0.1, 0.15) is 56.7 Å². The molecule has 5 rings (SSSR count). The topological polar surface area (TPSA) is 335 Å². The molecule has 3 aromatic carbocycles. The van der Waals surface area contributed by atoms with Gasteiger partial charge in [-0.1, -0.05) is 100 Å². The number of aromatic nitrogens is 1. The number of nitrogens with two attached hydrogens (primary N) is 1. The van der Waals surface area contributed by atoms with E-state index in [2.05, 4.69) is 47.5 Å². The second kappa shape index (κ2) is 29.4. The van der Waals surface area contributed by atoms with Crippen LogP contribution >= 0.6 is 21.6 Å². The lowest BCUT2D eigenvalue weighted by atomic mass is 10.0. The number of aliphatic hydroxyl groups excluding tert-OH is 3. The van der Waals surface area contributed by atoms with Gasteiger partial charge in [-0.3, -0.25) is 38.4 Å². The summed E-state index contributed by atoms with van der Waals surface area (Å²) in [6, 6.07) is 14.1. The van der Waals surface area contributed by atoms with Gasteiger partial charge in [0, 0.05) is 54.8 Å². The molecule has 0 aliphatic carbocycles. The maximum Gasteiger partial charge on any atom is 0.245 e. The quantitative estimate of drug-likeness (QED) is 0.0436. The number of carbonyl (C=O) groups is 8. The summed E-state index contributed by atoms with van der Waals surface area (Å²) in [5.41, 5.74) is 8.52. The number of hydrogen-bond donors (Lipinski definition) is 13. The van der Waals surface area contributed by atoms with Crippen molar-refractivity contribution in [1.29, 1.82) is 0 Å². The third-order valence-corrected chi connectivity index (χ3v) is 14.6. The van der Waals surface area contributed by atoms with Crippen molar-refractivity contribution < 1.29 is 53.7 Å². The molecule has 0 unspecified atom stereocenters. The van der Waals surface area contributed by atoms with Gasteiger partial charge in [0.25, 0.3) is 0 Å². The van der Waals surface area contributed by atoms with Gasteiger partial charge in [-0.15, -0.1) is 0 Å². The Morgan fingerprint density at radius 1 is 0.703 bits per heavy atom. The van der Waals surface area contributed by atoms with E-state index in [0.29, 0.717) is 29.5 Å². The van der Waals surface area contributed by atoms with Gasteiger partial charge < -0.3 is 68.6 Å². The van der Waals surface area contributed by atoms with Gasteiger partial charge in [0.05, 0.1) is 24.9 Å². The van der Waals surface area contributed by atoms with Crippen LogP contribution in [-0.2, 0) is 57.6 Å². The highest BCUT2D eigenvalue weighted by atomic mass is 33.1. The number of unbranched alkanes of at least 4 members (excludes halogenated alkanes) is 1. The molecule has 4 aromatic rings. The normalized spacial score (nSPS) is 22.3. The third-order valence-electron chi connectivity index (χ3n) is 12.2. The Morgan fingerprint density at radius 2 is 1.30 bits per heavy atom. The van der Waals surface area contributed by atoms with Crippen molar-refractivity contribution in [2.45, 2.75) is 120 Å². The van der Waals surface area contributed by atoms with E-state index >= 15 is 0 Å². The molecule has 0 saturated carbocycles. The monoisotopic (exact) mass is 1060 g/mol. The molecule has 1 fully saturated rings. The Bertz CT molecular complexity index is 2520. The molecule has 0 spiro atoms. The molecule has 21 nitrogen and oxygen atoms in total. The first kappa shape index (κ1) is 58.4. The zero-order valence-electron chi connectivity index (χ0n) is 41.5. The molecule has 23 heteroatoms. The third kappa shape index (κ3) is 17.9. The van der Waals surface area contributed by atoms with E-state index in [1.54, 1.807) is 66.9 Å². The SMILES string of the molecule is CC(=O)N[C@H](Cc1ccccc1)C(=O)N[C@H]1CSSC[C@@H](C(=O)N[C@H](CO)[C@@H](C)O)NC(=O)[C@H]([C@@H](C)O)NC(=O)[C@H](CCCCN)NC(=O)[C@@H](Cc2c[nH]c3ccccc23)NC(=O)[C@H](Cc2ccccc2)NC1=O. The van der Waals surface area contributed by atoms with E-state index < -0.39 is 114 Å². The maximum atomic E-state index is 14.8. The molecule has 1 aromatic heterocycles. The Kier molecular flexibility index (Phi) is 23.2. The molecule has 0 radical (unpaired) electrons. The molecule has 14 N–H and O–H groups in total. The molecule has 0 bridgehead atoms. The van der Waals surface area contributed by atoms with Crippen LogP contribution in [0.3, 0.4) is 0 Å². The largest absolute Gasteiger partial charge is 0.394 e. The average Bonchev–Trinajstić information content (AvgIpc) is 3.78. The lowest BCUT2D eigenvalue weighted by molar-refractivity contribution is -0.136. The zero-order valence-corrected chi connectivity index (χ0v) is 43.1. The van der Waals surface area contributed by atoms with E-state index in [0.717, 1.165) is 32.5 Å². The summed E-state index contributed by atoms with van der Waals surface area (Å²) < 4.78 is 0. The maximum absolute atomic E-state index is 14.8. The molecule has 400 valence electrons.